The fourth-order valence-electron chi connectivity index (χ4n) is 2.02. The molecule has 4 heteroatoms. The molecule has 0 radical (unpaired) electrons. The summed E-state index contributed by atoms with van der Waals surface area (Å²) in [5.41, 5.74) is 2.63. The lowest BCUT2D eigenvalue weighted by Crippen LogP contribution is -2.30. The van der Waals surface area contributed by atoms with Crippen LogP contribution in [-0.4, -0.2) is 28.5 Å². The number of hydrogen-bond donors (Lipinski definition) is 3. The lowest BCUT2D eigenvalue weighted by molar-refractivity contribution is 0.207. The minimum atomic E-state index is 0.0914. The van der Waals surface area contributed by atoms with Crippen LogP contribution in [-0.2, 0) is 12.0 Å². The molecule has 1 aromatic heterocycles. The van der Waals surface area contributed by atoms with E-state index in [-0.39, 0.29) is 17.4 Å². The van der Waals surface area contributed by atoms with Crippen LogP contribution < -0.4 is 5.32 Å². The largest absolute Gasteiger partial charge is 0.396 e. The highest BCUT2D eigenvalue weighted by molar-refractivity contribution is 5.23. The minimum Gasteiger partial charge on any atom is -0.396 e. The maximum atomic E-state index is 8.99. The molecule has 0 aliphatic rings. The van der Waals surface area contributed by atoms with Gasteiger partial charge in [-0.25, -0.2) is 0 Å². The summed E-state index contributed by atoms with van der Waals surface area (Å²) in [7, 11) is 0. The molecule has 0 aromatic carbocycles. The van der Waals surface area contributed by atoms with E-state index < -0.39 is 0 Å². The number of aliphatic hydroxyl groups excluding tert-OH is 1. The summed E-state index contributed by atoms with van der Waals surface area (Å²) in [4.78, 5) is 0. The number of H-pyrrole nitrogens is 1. The van der Waals surface area contributed by atoms with E-state index in [4.69, 9.17) is 5.11 Å². The van der Waals surface area contributed by atoms with Crippen molar-refractivity contribution < 1.29 is 5.11 Å². The van der Waals surface area contributed by atoms with Crippen LogP contribution in [0.25, 0.3) is 0 Å². The van der Waals surface area contributed by atoms with Crippen molar-refractivity contribution in [1.29, 1.82) is 0 Å². The molecule has 1 heterocycles. The Balaban J connectivity index is 2.53. The zero-order valence-corrected chi connectivity index (χ0v) is 12.3. The van der Waals surface area contributed by atoms with Gasteiger partial charge in [0.25, 0.3) is 0 Å². The number of aliphatic hydroxyl groups is 1. The fraction of sp³-hybridized carbons (Fsp3) is 0.786. The summed E-state index contributed by atoms with van der Waals surface area (Å²) in [5, 5.41) is 19.7. The third kappa shape index (κ3) is 4.42. The van der Waals surface area contributed by atoms with Crippen molar-refractivity contribution in [1.82, 2.24) is 15.5 Å². The van der Waals surface area contributed by atoms with Gasteiger partial charge in [0.1, 0.15) is 0 Å². The van der Waals surface area contributed by atoms with Crippen molar-refractivity contribution >= 4 is 0 Å². The molecule has 3 N–H and O–H groups in total. The molecule has 0 saturated heterocycles. The molecule has 18 heavy (non-hydrogen) atoms. The van der Waals surface area contributed by atoms with Crippen LogP contribution in [0.3, 0.4) is 0 Å². The van der Waals surface area contributed by atoms with Crippen molar-refractivity contribution in [3.05, 3.63) is 17.5 Å². The first kappa shape index (κ1) is 15.2. The predicted octanol–water partition coefficient (Wildman–Crippen LogP) is 2.21. The van der Waals surface area contributed by atoms with Gasteiger partial charge < -0.3 is 10.4 Å². The van der Waals surface area contributed by atoms with Crippen molar-refractivity contribution in [2.75, 3.05) is 13.2 Å². The smallest absolute Gasteiger partial charge is 0.0535 e. The van der Waals surface area contributed by atoms with Gasteiger partial charge in [0, 0.05) is 36.4 Å². The van der Waals surface area contributed by atoms with Crippen LogP contribution in [0.2, 0.25) is 0 Å². The van der Waals surface area contributed by atoms with Crippen LogP contribution in [0.15, 0.2) is 6.20 Å². The monoisotopic (exact) mass is 253 g/mol. The third-order valence-electron chi connectivity index (χ3n) is 3.18. The van der Waals surface area contributed by atoms with Crippen molar-refractivity contribution in [2.24, 2.45) is 5.41 Å². The number of nitrogens with zero attached hydrogens (tertiary/aromatic N) is 1. The third-order valence-corrected chi connectivity index (χ3v) is 3.18. The second-order valence-electron chi connectivity index (χ2n) is 6.76. The van der Waals surface area contributed by atoms with E-state index in [1.165, 1.54) is 11.3 Å². The van der Waals surface area contributed by atoms with Crippen LogP contribution in [0.4, 0.5) is 0 Å². The Morgan fingerprint density at radius 2 is 1.94 bits per heavy atom. The Hall–Kier alpha value is -0.870. The average Bonchev–Trinajstić information content (AvgIpc) is 2.64. The highest BCUT2D eigenvalue weighted by Crippen LogP contribution is 2.23. The zero-order valence-electron chi connectivity index (χ0n) is 12.3. The Morgan fingerprint density at radius 1 is 1.28 bits per heavy atom. The van der Waals surface area contributed by atoms with Crippen molar-refractivity contribution in [2.45, 2.75) is 53.0 Å². The van der Waals surface area contributed by atoms with Gasteiger partial charge in [-0.1, -0.05) is 34.6 Å². The van der Waals surface area contributed by atoms with Crippen LogP contribution in [0, 0.1) is 5.41 Å². The van der Waals surface area contributed by atoms with Crippen LogP contribution in [0.1, 0.15) is 52.3 Å². The second kappa shape index (κ2) is 5.85. The first-order valence-electron chi connectivity index (χ1n) is 6.60. The van der Waals surface area contributed by atoms with E-state index in [1.807, 2.05) is 6.20 Å². The van der Waals surface area contributed by atoms with Crippen LogP contribution in [0.5, 0.6) is 0 Å². The zero-order chi connectivity index (χ0) is 13.8. The number of nitrogens with one attached hydrogen (secondary N) is 2. The molecule has 0 unspecified atom stereocenters. The molecule has 0 aliphatic heterocycles. The maximum Gasteiger partial charge on any atom is 0.0535 e. The topological polar surface area (TPSA) is 60.9 Å². The Morgan fingerprint density at radius 3 is 2.50 bits per heavy atom. The Labute approximate surface area is 110 Å². The lowest BCUT2D eigenvalue weighted by Gasteiger charge is -2.24. The standard InChI is InChI=1S/C14H27N3O/c1-13(2,3)12-11(9-16-17-12)8-15-10-14(4,5)6-7-18/h9,15,18H,6-8,10H2,1-5H3,(H,16,17). The van der Waals surface area contributed by atoms with Gasteiger partial charge in [0.05, 0.1) is 6.20 Å². The number of aromatic nitrogens is 2. The predicted molar refractivity (Wildman–Crippen MR) is 74.5 cm³/mol. The van der Waals surface area contributed by atoms with E-state index >= 15 is 0 Å². The molecule has 0 bridgehead atoms. The molecular formula is C14H27N3O. The number of hydrogen-bond acceptors (Lipinski definition) is 3. The molecule has 0 atom stereocenters. The van der Waals surface area contributed by atoms with Gasteiger partial charge in [-0.05, 0) is 11.8 Å². The molecular weight excluding hydrogens is 226 g/mol. The molecule has 0 saturated carbocycles. The minimum absolute atomic E-state index is 0.0914. The normalized spacial score (nSPS) is 13.0. The van der Waals surface area contributed by atoms with E-state index in [2.05, 4.69) is 50.1 Å². The summed E-state index contributed by atoms with van der Waals surface area (Å²) < 4.78 is 0. The highest BCUT2D eigenvalue weighted by atomic mass is 16.3. The Kier molecular flexibility index (Phi) is 4.93. The molecule has 0 spiro atoms. The lowest BCUT2D eigenvalue weighted by atomic mass is 9.88. The molecule has 0 fully saturated rings. The molecule has 4 nitrogen and oxygen atoms in total. The second-order valence-corrected chi connectivity index (χ2v) is 6.76. The van der Waals surface area contributed by atoms with Gasteiger partial charge in [-0.15, -0.1) is 0 Å². The maximum absolute atomic E-state index is 8.99. The van der Waals surface area contributed by atoms with Gasteiger partial charge >= 0.3 is 0 Å². The van der Waals surface area contributed by atoms with E-state index in [0.29, 0.717) is 0 Å². The average molecular weight is 253 g/mol. The van der Waals surface area contributed by atoms with E-state index in [1.54, 1.807) is 0 Å². The number of aromatic amines is 1. The van der Waals surface area contributed by atoms with Gasteiger partial charge in [-0.2, -0.15) is 5.10 Å². The molecule has 1 rings (SSSR count). The summed E-state index contributed by atoms with van der Waals surface area (Å²) in [6.45, 7) is 12.8. The molecule has 104 valence electrons. The first-order valence-corrected chi connectivity index (χ1v) is 6.60. The quantitative estimate of drug-likeness (QED) is 0.728. The number of rotatable bonds is 6. The summed E-state index contributed by atoms with van der Waals surface area (Å²) in [5.74, 6) is 0. The van der Waals surface area contributed by atoms with Gasteiger partial charge in [0.15, 0.2) is 0 Å². The molecule has 0 aliphatic carbocycles. The molecule has 0 amide bonds. The fourth-order valence-corrected chi connectivity index (χ4v) is 2.02. The molecule has 1 aromatic rings. The summed E-state index contributed by atoms with van der Waals surface area (Å²) in [6, 6.07) is 0. The SMILES string of the molecule is CC(C)(CCO)CNCc1cn[nH]c1C(C)(C)C. The summed E-state index contributed by atoms with van der Waals surface area (Å²) >= 11 is 0. The van der Waals surface area contributed by atoms with E-state index in [0.717, 1.165) is 19.5 Å². The van der Waals surface area contributed by atoms with Gasteiger partial charge in [-0.3, -0.25) is 5.10 Å². The first-order chi connectivity index (χ1) is 8.26. The van der Waals surface area contributed by atoms with Gasteiger partial charge in [0.2, 0.25) is 0 Å². The van der Waals surface area contributed by atoms with Crippen molar-refractivity contribution in [3.63, 3.8) is 0 Å². The van der Waals surface area contributed by atoms with E-state index in [9.17, 15) is 0 Å². The highest BCUT2D eigenvalue weighted by Gasteiger charge is 2.21. The summed E-state index contributed by atoms with van der Waals surface area (Å²) in [6.07, 6.45) is 2.71. The van der Waals surface area contributed by atoms with Crippen molar-refractivity contribution in [3.8, 4) is 0 Å². The van der Waals surface area contributed by atoms with Crippen LogP contribution >= 0.6 is 0 Å². The Bertz CT molecular complexity index is 363.